The number of furan rings is 1. The third kappa shape index (κ3) is 3.88. The van der Waals surface area contributed by atoms with Gasteiger partial charge in [0.25, 0.3) is 5.56 Å². The number of thiol groups is 1. The standard InChI is InChI=1S/C21H15FN2O4S/c22-17-7-5-16(6-8-17)20-19(15-3-1-14(2-4-15)13-29(26)27)11-23-24(21(20)25)18-9-10-28-12-18/h1-12,29H,13H2. The number of aromatic nitrogens is 2. The number of nitrogens with zero attached hydrogens (tertiary/aromatic N) is 2. The van der Waals surface area contributed by atoms with Crippen molar-refractivity contribution in [2.24, 2.45) is 0 Å². The van der Waals surface area contributed by atoms with Crippen molar-refractivity contribution in [1.29, 1.82) is 0 Å². The number of benzene rings is 2. The summed E-state index contributed by atoms with van der Waals surface area (Å²) in [5.41, 5.74) is 2.87. The SMILES string of the molecule is O=c1c(-c2ccc(F)cc2)c(-c2ccc(C[SH](=O)=O)cc2)cnn1-c1ccoc1. The fourth-order valence-corrected chi connectivity index (χ4v) is 3.58. The average Bonchev–Trinajstić information content (AvgIpc) is 3.23. The number of hydrogen-bond donors (Lipinski definition) is 1. The molecule has 0 unspecified atom stereocenters. The molecule has 4 rings (SSSR count). The van der Waals surface area contributed by atoms with E-state index < -0.39 is 16.5 Å². The summed E-state index contributed by atoms with van der Waals surface area (Å²) in [5.74, 6) is -0.462. The number of halogens is 1. The molecule has 0 aliphatic rings. The van der Waals surface area contributed by atoms with Crippen LogP contribution in [0.25, 0.3) is 27.9 Å². The van der Waals surface area contributed by atoms with Gasteiger partial charge in [-0.05, 0) is 28.8 Å². The first-order chi connectivity index (χ1) is 14.0. The van der Waals surface area contributed by atoms with Gasteiger partial charge in [-0.3, -0.25) is 4.79 Å². The summed E-state index contributed by atoms with van der Waals surface area (Å²) < 4.78 is 41.5. The summed E-state index contributed by atoms with van der Waals surface area (Å²) in [6.07, 6.45) is 4.39. The molecule has 8 heteroatoms. The molecule has 0 atom stereocenters. The van der Waals surface area contributed by atoms with Crippen LogP contribution >= 0.6 is 0 Å². The van der Waals surface area contributed by atoms with Crippen LogP contribution in [0.2, 0.25) is 0 Å². The molecule has 2 aromatic heterocycles. The maximum Gasteiger partial charge on any atom is 0.280 e. The summed E-state index contributed by atoms with van der Waals surface area (Å²) in [4.78, 5) is 13.2. The van der Waals surface area contributed by atoms with Crippen LogP contribution in [0.5, 0.6) is 0 Å². The van der Waals surface area contributed by atoms with Crippen molar-refractivity contribution < 1.29 is 17.2 Å². The lowest BCUT2D eigenvalue weighted by molar-refractivity contribution is 0.563. The molecule has 0 radical (unpaired) electrons. The van der Waals surface area contributed by atoms with E-state index >= 15 is 0 Å². The van der Waals surface area contributed by atoms with Crippen molar-refractivity contribution in [3.8, 4) is 27.9 Å². The normalized spacial score (nSPS) is 11.1. The van der Waals surface area contributed by atoms with E-state index in [-0.39, 0.29) is 11.3 Å². The van der Waals surface area contributed by atoms with E-state index in [0.29, 0.717) is 33.5 Å². The molecule has 0 N–H and O–H groups in total. The van der Waals surface area contributed by atoms with Crippen molar-refractivity contribution in [1.82, 2.24) is 9.78 Å². The Bertz CT molecular complexity index is 1270. The molecule has 4 aromatic rings. The largest absolute Gasteiger partial charge is 0.470 e. The lowest BCUT2D eigenvalue weighted by atomic mass is 9.96. The quantitative estimate of drug-likeness (QED) is 0.510. The monoisotopic (exact) mass is 410 g/mol. The maximum atomic E-state index is 13.4. The Balaban J connectivity index is 1.90. The minimum atomic E-state index is -2.53. The Morgan fingerprint density at radius 1 is 0.966 bits per heavy atom. The van der Waals surface area contributed by atoms with E-state index in [1.165, 1.54) is 41.5 Å². The van der Waals surface area contributed by atoms with E-state index in [1.54, 1.807) is 36.5 Å². The van der Waals surface area contributed by atoms with Crippen LogP contribution in [0.4, 0.5) is 4.39 Å². The molecule has 0 saturated carbocycles. The van der Waals surface area contributed by atoms with Crippen molar-refractivity contribution in [3.05, 3.63) is 95.1 Å². The van der Waals surface area contributed by atoms with Crippen LogP contribution in [0, 0.1) is 5.82 Å². The van der Waals surface area contributed by atoms with E-state index in [9.17, 15) is 17.6 Å². The predicted octanol–water partition coefficient (Wildman–Crippen LogP) is 3.41. The van der Waals surface area contributed by atoms with Gasteiger partial charge in [0, 0.05) is 11.6 Å². The zero-order valence-corrected chi connectivity index (χ0v) is 15.9. The van der Waals surface area contributed by atoms with Gasteiger partial charge in [-0.1, -0.05) is 36.4 Å². The minimum Gasteiger partial charge on any atom is -0.470 e. The molecule has 29 heavy (non-hydrogen) atoms. The van der Waals surface area contributed by atoms with Gasteiger partial charge >= 0.3 is 0 Å². The molecule has 2 aromatic carbocycles. The molecule has 0 spiro atoms. The van der Waals surface area contributed by atoms with E-state index in [2.05, 4.69) is 5.10 Å². The van der Waals surface area contributed by atoms with Crippen LogP contribution in [-0.4, -0.2) is 18.2 Å². The number of hydrogen-bond acceptors (Lipinski definition) is 5. The van der Waals surface area contributed by atoms with Gasteiger partial charge in [0.1, 0.15) is 28.5 Å². The lowest BCUT2D eigenvalue weighted by Gasteiger charge is -2.12. The summed E-state index contributed by atoms with van der Waals surface area (Å²) in [7, 11) is -2.53. The van der Waals surface area contributed by atoms with Crippen LogP contribution in [0.3, 0.4) is 0 Å². The van der Waals surface area contributed by atoms with E-state index in [0.717, 1.165) is 0 Å². The lowest BCUT2D eigenvalue weighted by Crippen LogP contribution is -2.23. The van der Waals surface area contributed by atoms with Crippen LogP contribution < -0.4 is 5.56 Å². The second-order valence-electron chi connectivity index (χ2n) is 6.33. The first kappa shape index (κ1) is 18.8. The average molecular weight is 410 g/mol. The van der Waals surface area contributed by atoms with Crippen molar-refractivity contribution in [3.63, 3.8) is 0 Å². The highest BCUT2D eigenvalue weighted by Gasteiger charge is 2.17. The molecule has 0 saturated heterocycles. The van der Waals surface area contributed by atoms with Crippen molar-refractivity contribution in [2.45, 2.75) is 5.75 Å². The van der Waals surface area contributed by atoms with Gasteiger partial charge < -0.3 is 4.42 Å². The van der Waals surface area contributed by atoms with Gasteiger partial charge in [-0.25, -0.2) is 12.8 Å². The molecule has 0 fully saturated rings. The summed E-state index contributed by atoms with van der Waals surface area (Å²) >= 11 is 0. The van der Waals surface area contributed by atoms with E-state index in [4.69, 9.17) is 4.42 Å². The highest BCUT2D eigenvalue weighted by Crippen LogP contribution is 2.29. The first-order valence-corrected chi connectivity index (χ1v) is 10.0. The van der Waals surface area contributed by atoms with Gasteiger partial charge in [0.05, 0.1) is 23.8 Å². The van der Waals surface area contributed by atoms with Crippen LogP contribution in [-0.2, 0) is 16.5 Å². The van der Waals surface area contributed by atoms with Gasteiger partial charge in [0.2, 0.25) is 0 Å². The Morgan fingerprint density at radius 3 is 2.28 bits per heavy atom. The zero-order chi connectivity index (χ0) is 20.4. The van der Waals surface area contributed by atoms with E-state index in [1.807, 2.05) is 0 Å². The first-order valence-electron chi connectivity index (χ1n) is 8.65. The maximum absolute atomic E-state index is 13.4. The molecule has 2 heterocycles. The third-order valence-electron chi connectivity index (χ3n) is 4.44. The Hall–Kier alpha value is -3.52. The number of rotatable bonds is 5. The highest BCUT2D eigenvalue weighted by atomic mass is 32.2. The Labute approximate surface area is 166 Å². The second-order valence-corrected chi connectivity index (χ2v) is 7.31. The second kappa shape index (κ2) is 7.84. The fraction of sp³-hybridized carbons (Fsp3) is 0.0476. The third-order valence-corrected chi connectivity index (χ3v) is 5.06. The van der Waals surface area contributed by atoms with Crippen LogP contribution in [0.1, 0.15) is 5.56 Å². The molecule has 0 bridgehead atoms. The summed E-state index contributed by atoms with van der Waals surface area (Å²) in [6.45, 7) is 0. The van der Waals surface area contributed by atoms with Crippen molar-refractivity contribution in [2.75, 3.05) is 0 Å². The smallest absolute Gasteiger partial charge is 0.280 e. The Morgan fingerprint density at radius 2 is 1.66 bits per heavy atom. The van der Waals surface area contributed by atoms with Gasteiger partial charge in [-0.2, -0.15) is 9.78 Å². The molecule has 0 aliphatic heterocycles. The highest BCUT2D eigenvalue weighted by molar-refractivity contribution is 7.71. The zero-order valence-electron chi connectivity index (χ0n) is 15.0. The molecule has 0 aliphatic carbocycles. The van der Waals surface area contributed by atoms with Crippen molar-refractivity contribution >= 4 is 10.7 Å². The van der Waals surface area contributed by atoms with Gasteiger partial charge in [-0.15, -0.1) is 0 Å². The molecular weight excluding hydrogens is 395 g/mol. The molecular formula is C21H15FN2O4S. The summed E-state index contributed by atoms with van der Waals surface area (Å²) in [6, 6.07) is 14.1. The topological polar surface area (TPSA) is 82.2 Å². The van der Waals surface area contributed by atoms with Gasteiger partial charge in [0.15, 0.2) is 0 Å². The fourth-order valence-electron chi connectivity index (χ4n) is 3.07. The minimum absolute atomic E-state index is 0.0548. The molecule has 0 amide bonds. The van der Waals surface area contributed by atoms with Crippen LogP contribution in [0.15, 0.2) is 82.5 Å². The molecule has 6 nitrogen and oxygen atoms in total. The predicted molar refractivity (Wildman–Crippen MR) is 107 cm³/mol. The summed E-state index contributed by atoms with van der Waals surface area (Å²) in [5, 5.41) is 4.24. The Kier molecular flexibility index (Phi) is 5.09. The molecule has 146 valence electrons.